The van der Waals surface area contributed by atoms with Crippen molar-refractivity contribution in [1.82, 2.24) is 4.90 Å². The third kappa shape index (κ3) is 1.27. The van der Waals surface area contributed by atoms with Crippen LogP contribution < -0.4 is 0 Å². The van der Waals surface area contributed by atoms with E-state index >= 15 is 0 Å². The molecule has 0 unspecified atom stereocenters. The Bertz CT molecular complexity index is 323. The highest BCUT2D eigenvalue weighted by atomic mass is 16.4. The molecule has 2 aliphatic heterocycles. The minimum atomic E-state index is -0.866. The summed E-state index contributed by atoms with van der Waals surface area (Å²) >= 11 is 0. The Morgan fingerprint density at radius 3 is 2.27 bits per heavy atom. The van der Waals surface area contributed by atoms with Gasteiger partial charge in [-0.25, -0.2) is 4.79 Å². The van der Waals surface area contributed by atoms with Crippen LogP contribution in [0.4, 0.5) is 0 Å². The second-order valence-electron chi connectivity index (χ2n) is 5.78. The Morgan fingerprint density at radius 2 is 1.87 bits per heavy atom. The van der Waals surface area contributed by atoms with Crippen LogP contribution in [0, 0.1) is 11.3 Å². The summed E-state index contributed by atoms with van der Waals surface area (Å²) in [6, 6.07) is 0. The quantitative estimate of drug-likeness (QED) is 0.706. The van der Waals surface area contributed by atoms with Gasteiger partial charge in [-0.05, 0) is 18.8 Å². The Labute approximate surface area is 89.3 Å². The summed E-state index contributed by atoms with van der Waals surface area (Å²) in [5.74, 6) is -0.467. The molecule has 0 atom stereocenters. The van der Waals surface area contributed by atoms with E-state index in [1.807, 2.05) is 20.8 Å². The number of hydrogen-bond donors (Lipinski definition) is 1. The number of carboxylic acid groups (broad SMARTS) is 1. The van der Waals surface area contributed by atoms with E-state index < -0.39 is 16.9 Å². The molecule has 2 heterocycles. The summed E-state index contributed by atoms with van der Waals surface area (Å²) in [4.78, 5) is 24.9. The maximum Gasteiger partial charge on any atom is 0.329 e. The standard InChI is InChI=1S/C11H17NO3/c1-10(2,3)8(13)12-6-7-4-11(12,5-7)9(14)15/h7H,4-6H2,1-3H3,(H,14,15). The highest BCUT2D eigenvalue weighted by molar-refractivity contribution is 5.91. The zero-order chi connectivity index (χ0) is 11.4. The summed E-state index contributed by atoms with van der Waals surface area (Å²) in [6.07, 6.45) is 1.29. The Morgan fingerprint density at radius 1 is 1.33 bits per heavy atom. The molecule has 0 radical (unpaired) electrons. The fraction of sp³-hybridized carbons (Fsp3) is 0.818. The van der Waals surface area contributed by atoms with Crippen LogP contribution in [0.1, 0.15) is 33.6 Å². The second-order valence-corrected chi connectivity index (χ2v) is 5.78. The number of nitrogens with zero attached hydrogens (tertiary/aromatic N) is 1. The van der Waals surface area contributed by atoms with Crippen LogP contribution >= 0.6 is 0 Å². The van der Waals surface area contributed by atoms with Crippen LogP contribution in [0.15, 0.2) is 0 Å². The largest absolute Gasteiger partial charge is 0.479 e. The summed E-state index contributed by atoms with van der Waals surface area (Å²) in [6.45, 7) is 6.13. The van der Waals surface area contributed by atoms with Gasteiger partial charge in [0.1, 0.15) is 5.54 Å². The van der Waals surface area contributed by atoms with E-state index in [9.17, 15) is 14.7 Å². The predicted molar refractivity (Wildman–Crippen MR) is 54.3 cm³/mol. The Balaban J connectivity index is 2.25. The average molecular weight is 211 g/mol. The minimum Gasteiger partial charge on any atom is -0.479 e. The fourth-order valence-corrected chi connectivity index (χ4v) is 2.65. The van der Waals surface area contributed by atoms with E-state index in [2.05, 4.69) is 0 Å². The van der Waals surface area contributed by atoms with Crippen molar-refractivity contribution in [3.8, 4) is 0 Å². The van der Waals surface area contributed by atoms with Crippen LogP contribution in [0.3, 0.4) is 0 Å². The van der Waals surface area contributed by atoms with Crippen LogP contribution in [0.25, 0.3) is 0 Å². The average Bonchev–Trinajstić information content (AvgIpc) is 2.52. The summed E-state index contributed by atoms with van der Waals surface area (Å²) in [7, 11) is 0. The predicted octanol–water partition coefficient (Wildman–Crippen LogP) is 1.11. The molecule has 0 aromatic heterocycles. The van der Waals surface area contributed by atoms with Gasteiger partial charge in [0.15, 0.2) is 0 Å². The monoisotopic (exact) mass is 211 g/mol. The molecule has 4 heteroatoms. The lowest BCUT2D eigenvalue weighted by Crippen LogP contribution is -2.56. The van der Waals surface area contributed by atoms with Crippen molar-refractivity contribution in [2.45, 2.75) is 39.2 Å². The molecule has 1 saturated carbocycles. The fourth-order valence-electron chi connectivity index (χ4n) is 2.65. The summed E-state index contributed by atoms with van der Waals surface area (Å²) < 4.78 is 0. The molecule has 2 bridgehead atoms. The van der Waals surface area contributed by atoms with Gasteiger partial charge < -0.3 is 10.0 Å². The maximum absolute atomic E-state index is 12.1. The van der Waals surface area contributed by atoms with Gasteiger partial charge in [-0.3, -0.25) is 4.79 Å². The first-order chi connectivity index (χ1) is 6.77. The molecule has 84 valence electrons. The van der Waals surface area contributed by atoms with E-state index in [0.29, 0.717) is 25.3 Å². The number of hydrogen-bond acceptors (Lipinski definition) is 2. The molecule has 0 spiro atoms. The minimum absolute atomic E-state index is 0.0371. The van der Waals surface area contributed by atoms with Gasteiger partial charge in [-0.15, -0.1) is 0 Å². The first-order valence-corrected chi connectivity index (χ1v) is 5.33. The van der Waals surface area contributed by atoms with Gasteiger partial charge in [0.05, 0.1) is 0 Å². The highest BCUT2D eigenvalue weighted by Crippen LogP contribution is 2.51. The number of carbonyl (C=O) groups excluding carboxylic acids is 1. The Kier molecular flexibility index (Phi) is 1.91. The highest BCUT2D eigenvalue weighted by Gasteiger charge is 2.63. The summed E-state index contributed by atoms with van der Waals surface area (Å²) in [5, 5.41) is 9.20. The van der Waals surface area contributed by atoms with Gasteiger partial charge >= 0.3 is 5.97 Å². The van der Waals surface area contributed by atoms with Crippen molar-refractivity contribution >= 4 is 11.9 Å². The van der Waals surface area contributed by atoms with Gasteiger partial charge in [-0.1, -0.05) is 20.8 Å². The van der Waals surface area contributed by atoms with Crippen LogP contribution in [-0.4, -0.2) is 34.0 Å². The van der Waals surface area contributed by atoms with E-state index in [1.54, 1.807) is 4.90 Å². The number of aliphatic carboxylic acids is 1. The number of rotatable bonds is 1. The molecule has 0 aromatic carbocycles. The molecule has 3 rings (SSSR count). The number of amides is 1. The van der Waals surface area contributed by atoms with Gasteiger partial charge in [-0.2, -0.15) is 0 Å². The molecule has 1 N–H and O–H groups in total. The van der Waals surface area contributed by atoms with Crippen molar-refractivity contribution in [3.63, 3.8) is 0 Å². The van der Waals surface area contributed by atoms with Crippen molar-refractivity contribution in [2.24, 2.45) is 11.3 Å². The molecule has 3 fully saturated rings. The van der Waals surface area contributed by atoms with Gasteiger partial charge in [0.25, 0.3) is 0 Å². The number of carbonyl (C=O) groups is 2. The van der Waals surface area contributed by atoms with Gasteiger partial charge in [0.2, 0.25) is 5.91 Å². The summed E-state index contributed by atoms with van der Waals surface area (Å²) in [5.41, 5.74) is -1.35. The van der Waals surface area contributed by atoms with Crippen molar-refractivity contribution in [1.29, 1.82) is 0 Å². The maximum atomic E-state index is 12.1. The topological polar surface area (TPSA) is 57.6 Å². The molecular weight excluding hydrogens is 194 g/mol. The lowest BCUT2D eigenvalue weighted by molar-refractivity contribution is -0.161. The van der Waals surface area contributed by atoms with E-state index in [1.165, 1.54) is 0 Å². The van der Waals surface area contributed by atoms with Crippen LogP contribution in [-0.2, 0) is 9.59 Å². The first-order valence-electron chi connectivity index (χ1n) is 5.33. The van der Waals surface area contributed by atoms with E-state index in [-0.39, 0.29) is 5.91 Å². The molecule has 2 saturated heterocycles. The number of fused-ring (bicyclic) bond motifs is 1. The van der Waals surface area contributed by atoms with Crippen molar-refractivity contribution in [3.05, 3.63) is 0 Å². The Hall–Kier alpha value is -1.06. The van der Waals surface area contributed by atoms with E-state index in [0.717, 1.165) is 0 Å². The SMILES string of the molecule is CC(C)(C)C(=O)N1CC2CC1(C(=O)O)C2. The smallest absolute Gasteiger partial charge is 0.329 e. The molecule has 1 amide bonds. The molecular formula is C11H17NO3. The third-order valence-electron chi connectivity index (χ3n) is 3.50. The molecule has 0 aromatic rings. The van der Waals surface area contributed by atoms with Crippen LogP contribution in [0.2, 0.25) is 0 Å². The third-order valence-corrected chi connectivity index (χ3v) is 3.50. The molecule has 15 heavy (non-hydrogen) atoms. The molecule has 4 nitrogen and oxygen atoms in total. The molecule has 1 aliphatic carbocycles. The lowest BCUT2D eigenvalue weighted by Gasteiger charge is -2.39. The van der Waals surface area contributed by atoms with Gasteiger partial charge in [0, 0.05) is 12.0 Å². The second kappa shape index (κ2) is 2.74. The van der Waals surface area contributed by atoms with Crippen molar-refractivity contribution < 1.29 is 14.7 Å². The van der Waals surface area contributed by atoms with Crippen molar-refractivity contribution in [2.75, 3.05) is 6.54 Å². The lowest BCUT2D eigenvalue weighted by atomic mass is 9.73. The normalized spacial score (nSPS) is 33.8. The zero-order valence-corrected chi connectivity index (χ0v) is 9.41. The van der Waals surface area contributed by atoms with E-state index in [4.69, 9.17) is 0 Å². The first kappa shape index (κ1) is 10.5. The molecule has 3 aliphatic rings. The number of carboxylic acids is 1. The van der Waals surface area contributed by atoms with Crippen LogP contribution in [0.5, 0.6) is 0 Å². The zero-order valence-electron chi connectivity index (χ0n) is 9.41.